The molecular formula is C14H27ClN2O3. The van der Waals surface area contributed by atoms with Gasteiger partial charge in [0.25, 0.3) is 0 Å². The highest BCUT2D eigenvalue weighted by Crippen LogP contribution is 2.17. The van der Waals surface area contributed by atoms with Crippen LogP contribution in [0.1, 0.15) is 44.9 Å². The zero-order chi connectivity index (χ0) is 13.5. The summed E-state index contributed by atoms with van der Waals surface area (Å²) in [5.74, 6) is 0.0906. The minimum Gasteiger partial charge on any atom is -0.378 e. The van der Waals surface area contributed by atoms with Crippen molar-refractivity contribution < 1.29 is 14.3 Å². The summed E-state index contributed by atoms with van der Waals surface area (Å²) >= 11 is 0. The van der Waals surface area contributed by atoms with Crippen molar-refractivity contribution in [1.82, 2.24) is 5.32 Å². The quantitative estimate of drug-likeness (QED) is 0.727. The molecular weight excluding hydrogens is 280 g/mol. The van der Waals surface area contributed by atoms with E-state index >= 15 is 0 Å². The topological polar surface area (TPSA) is 73.6 Å². The summed E-state index contributed by atoms with van der Waals surface area (Å²) in [5, 5.41) is 3.06. The van der Waals surface area contributed by atoms with Gasteiger partial charge in [-0.1, -0.05) is 0 Å². The highest BCUT2D eigenvalue weighted by Gasteiger charge is 2.20. The van der Waals surface area contributed by atoms with E-state index in [0.29, 0.717) is 31.7 Å². The van der Waals surface area contributed by atoms with Crippen LogP contribution in [0.25, 0.3) is 0 Å². The van der Waals surface area contributed by atoms with Crippen molar-refractivity contribution in [2.24, 2.45) is 5.73 Å². The summed E-state index contributed by atoms with van der Waals surface area (Å²) in [5.41, 5.74) is 5.84. The normalized spacial score (nSPS) is 29.8. The number of amides is 1. The van der Waals surface area contributed by atoms with Crippen LogP contribution in [0.15, 0.2) is 0 Å². The van der Waals surface area contributed by atoms with E-state index in [1.54, 1.807) is 0 Å². The molecule has 1 unspecified atom stereocenters. The first-order valence-corrected chi connectivity index (χ1v) is 7.48. The van der Waals surface area contributed by atoms with Gasteiger partial charge in [0, 0.05) is 25.1 Å². The highest BCUT2D eigenvalue weighted by molar-refractivity contribution is 5.85. The molecule has 1 aliphatic carbocycles. The van der Waals surface area contributed by atoms with Crippen molar-refractivity contribution in [3.63, 3.8) is 0 Å². The molecule has 0 spiro atoms. The van der Waals surface area contributed by atoms with Gasteiger partial charge >= 0.3 is 0 Å². The zero-order valence-corrected chi connectivity index (χ0v) is 12.8. The third-order valence-corrected chi connectivity index (χ3v) is 3.94. The van der Waals surface area contributed by atoms with E-state index < -0.39 is 0 Å². The average Bonchev–Trinajstić information content (AvgIpc) is 2.91. The molecule has 1 saturated carbocycles. The molecule has 1 heterocycles. The monoisotopic (exact) mass is 306 g/mol. The van der Waals surface area contributed by atoms with Gasteiger partial charge in [0.1, 0.15) is 0 Å². The van der Waals surface area contributed by atoms with Crippen molar-refractivity contribution in [1.29, 1.82) is 0 Å². The van der Waals surface area contributed by atoms with Crippen molar-refractivity contribution >= 4 is 18.3 Å². The number of carbonyl (C=O) groups is 1. The van der Waals surface area contributed by atoms with E-state index in [0.717, 1.165) is 45.1 Å². The van der Waals surface area contributed by atoms with Gasteiger partial charge in [-0.2, -0.15) is 0 Å². The van der Waals surface area contributed by atoms with Crippen LogP contribution in [0.5, 0.6) is 0 Å². The van der Waals surface area contributed by atoms with Crippen LogP contribution in [-0.2, 0) is 14.3 Å². The first kappa shape index (κ1) is 17.7. The maximum absolute atomic E-state index is 11.7. The Morgan fingerprint density at radius 2 is 2.00 bits per heavy atom. The number of halogens is 1. The molecule has 0 aromatic rings. The van der Waals surface area contributed by atoms with Crippen LogP contribution in [0.4, 0.5) is 0 Å². The van der Waals surface area contributed by atoms with Gasteiger partial charge in [-0.3, -0.25) is 4.79 Å². The lowest BCUT2D eigenvalue weighted by Crippen LogP contribution is -2.40. The molecule has 6 heteroatoms. The van der Waals surface area contributed by atoms with Crippen molar-refractivity contribution in [3.05, 3.63) is 0 Å². The lowest BCUT2D eigenvalue weighted by Gasteiger charge is -2.26. The first-order valence-electron chi connectivity index (χ1n) is 7.48. The van der Waals surface area contributed by atoms with Gasteiger partial charge in [-0.15, -0.1) is 12.4 Å². The van der Waals surface area contributed by atoms with Crippen LogP contribution in [-0.4, -0.2) is 43.9 Å². The third-order valence-electron chi connectivity index (χ3n) is 3.94. The number of hydrogen-bond acceptors (Lipinski definition) is 4. The maximum atomic E-state index is 11.7. The molecule has 2 aliphatic rings. The molecule has 1 atom stereocenters. The lowest BCUT2D eigenvalue weighted by atomic mass is 9.92. The Bertz CT molecular complexity index is 278. The van der Waals surface area contributed by atoms with Gasteiger partial charge in [0.05, 0.1) is 19.3 Å². The Morgan fingerprint density at radius 1 is 1.25 bits per heavy atom. The first-order chi connectivity index (χ1) is 9.24. The molecule has 1 saturated heterocycles. The molecule has 118 valence electrons. The number of ether oxygens (including phenoxy) is 2. The van der Waals surface area contributed by atoms with Crippen LogP contribution in [0, 0.1) is 0 Å². The predicted molar refractivity (Wildman–Crippen MR) is 80.0 cm³/mol. The second kappa shape index (κ2) is 9.55. The van der Waals surface area contributed by atoms with E-state index in [2.05, 4.69) is 5.32 Å². The predicted octanol–water partition coefficient (Wildman–Crippen LogP) is 1.38. The van der Waals surface area contributed by atoms with Crippen molar-refractivity contribution in [2.45, 2.75) is 63.1 Å². The number of carbonyl (C=O) groups excluding carboxylic acids is 1. The minimum atomic E-state index is 0. The molecule has 0 bridgehead atoms. The van der Waals surface area contributed by atoms with Gasteiger partial charge < -0.3 is 20.5 Å². The van der Waals surface area contributed by atoms with Crippen molar-refractivity contribution in [2.75, 3.05) is 19.8 Å². The molecule has 5 nitrogen and oxygen atoms in total. The fraction of sp³-hybridized carbons (Fsp3) is 0.929. The van der Waals surface area contributed by atoms with E-state index in [4.69, 9.17) is 15.2 Å². The van der Waals surface area contributed by atoms with E-state index in [-0.39, 0.29) is 24.4 Å². The molecule has 1 amide bonds. The summed E-state index contributed by atoms with van der Waals surface area (Å²) in [6.45, 7) is 1.95. The standard InChI is InChI=1S/C14H26N2O3.ClH/c15-11-3-5-12(6-4-11)16-14(17)7-9-18-10-13-2-1-8-19-13;/h11-13H,1-10,15H2,(H,16,17);1H. The fourth-order valence-corrected chi connectivity index (χ4v) is 2.72. The molecule has 2 fully saturated rings. The zero-order valence-electron chi connectivity index (χ0n) is 12.0. The second-order valence-corrected chi connectivity index (χ2v) is 5.64. The lowest BCUT2D eigenvalue weighted by molar-refractivity contribution is -0.123. The average molecular weight is 307 g/mol. The maximum Gasteiger partial charge on any atom is 0.222 e. The fourth-order valence-electron chi connectivity index (χ4n) is 2.72. The summed E-state index contributed by atoms with van der Waals surface area (Å²) < 4.78 is 10.9. The van der Waals surface area contributed by atoms with E-state index in [1.165, 1.54) is 0 Å². The minimum absolute atomic E-state index is 0. The van der Waals surface area contributed by atoms with Gasteiger partial charge in [-0.05, 0) is 38.5 Å². The molecule has 0 aromatic heterocycles. The summed E-state index contributed by atoms with van der Waals surface area (Å²) in [6.07, 6.45) is 6.92. The Labute approximate surface area is 127 Å². The van der Waals surface area contributed by atoms with Gasteiger partial charge in [0.2, 0.25) is 5.91 Å². The van der Waals surface area contributed by atoms with E-state index in [1.807, 2.05) is 0 Å². The number of hydrogen-bond donors (Lipinski definition) is 2. The van der Waals surface area contributed by atoms with Crippen LogP contribution in [0.2, 0.25) is 0 Å². The van der Waals surface area contributed by atoms with E-state index in [9.17, 15) is 4.79 Å². The van der Waals surface area contributed by atoms with Gasteiger partial charge in [-0.25, -0.2) is 0 Å². The van der Waals surface area contributed by atoms with Crippen LogP contribution < -0.4 is 11.1 Å². The molecule has 3 N–H and O–H groups in total. The Balaban J connectivity index is 0.00000200. The number of rotatable bonds is 6. The summed E-state index contributed by atoms with van der Waals surface area (Å²) in [7, 11) is 0. The molecule has 0 aromatic carbocycles. The summed E-state index contributed by atoms with van der Waals surface area (Å²) in [6, 6.07) is 0.633. The third kappa shape index (κ3) is 6.39. The molecule has 20 heavy (non-hydrogen) atoms. The molecule has 2 rings (SSSR count). The van der Waals surface area contributed by atoms with Gasteiger partial charge in [0.15, 0.2) is 0 Å². The Morgan fingerprint density at radius 3 is 2.65 bits per heavy atom. The second-order valence-electron chi connectivity index (χ2n) is 5.64. The Hall–Kier alpha value is -0.360. The smallest absolute Gasteiger partial charge is 0.222 e. The van der Waals surface area contributed by atoms with Crippen LogP contribution >= 0.6 is 12.4 Å². The molecule has 0 radical (unpaired) electrons. The number of nitrogens with one attached hydrogen (secondary N) is 1. The largest absolute Gasteiger partial charge is 0.378 e. The summed E-state index contributed by atoms with van der Waals surface area (Å²) in [4.78, 5) is 11.7. The molecule has 1 aliphatic heterocycles. The van der Waals surface area contributed by atoms with Crippen molar-refractivity contribution in [3.8, 4) is 0 Å². The Kier molecular flexibility index (Phi) is 8.45. The van der Waals surface area contributed by atoms with Crippen LogP contribution in [0.3, 0.4) is 0 Å². The SMILES string of the molecule is Cl.NC1CCC(NC(=O)CCOCC2CCCO2)CC1. The number of nitrogens with two attached hydrogens (primary N) is 1. The highest BCUT2D eigenvalue weighted by atomic mass is 35.5.